The van der Waals surface area contributed by atoms with Crippen LogP contribution in [0.15, 0.2) is 18.2 Å². The van der Waals surface area contributed by atoms with Gasteiger partial charge in [0, 0.05) is 24.6 Å². The van der Waals surface area contributed by atoms with Crippen molar-refractivity contribution in [2.75, 3.05) is 19.7 Å². The molecule has 1 aliphatic rings. The summed E-state index contributed by atoms with van der Waals surface area (Å²) in [6, 6.07) is 2.54. The molecule has 0 saturated carbocycles. The lowest BCUT2D eigenvalue weighted by molar-refractivity contribution is -0.385. The number of halogens is 3. The lowest BCUT2D eigenvalue weighted by Crippen LogP contribution is -2.33. The van der Waals surface area contributed by atoms with Crippen LogP contribution in [0.2, 0.25) is 0 Å². The van der Waals surface area contributed by atoms with Crippen LogP contribution < -0.4 is 10.1 Å². The number of alkyl halides is 3. The Labute approximate surface area is 119 Å². The van der Waals surface area contributed by atoms with E-state index in [2.05, 4.69) is 5.32 Å². The first-order valence-corrected chi connectivity index (χ1v) is 6.57. The van der Waals surface area contributed by atoms with Crippen LogP contribution in [0.25, 0.3) is 0 Å². The van der Waals surface area contributed by atoms with Crippen molar-refractivity contribution in [3.8, 4) is 5.75 Å². The SMILES string of the molecule is O=[N+]([O-])c1ccc(OCC2CCCNC2)c(C(F)(F)F)c1. The molecule has 5 nitrogen and oxygen atoms in total. The van der Waals surface area contributed by atoms with Crippen molar-refractivity contribution in [3.05, 3.63) is 33.9 Å². The van der Waals surface area contributed by atoms with Gasteiger partial charge in [-0.15, -0.1) is 0 Å². The number of nitro groups is 1. The molecule has 1 fully saturated rings. The molecule has 116 valence electrons. The molecule has 0 aromatic heterocycles. The lowest BCUT2D eigenvalue weighted by atomic mass is 10.0. The van der Waals surface area contributed by atoms with Crippen LogP contribution in [-0.4, -0.2) is 24.6 Å². The van der Waals surface area contributed by atoms with E-state index in [1.54, 1.807) is 0 Å². The van der Waals surface area contributed by atoms with Crippen molar-refractivity contribution in [3.63, 3.8) is 0 Å². The van der Waals surface area contributed by atoms with E-state index in [4.69, 9.17) is 4.74 Å². The molecule has 1 N–H and O–H groups in total. The zero-order chi connectivity index (χ0) is 15.5. The van der Waals surface area contributed by atoms with Crippen molar-refractivity contribution in [2.24, 2.45) is 5.92 Å². The van der Waals surface area contributed by atoms with E-state index >= 15 is 0 Å². The molecule has 0 bridgehead atoms. The fourth-order valence-electron chi connectivity index (χ4n) is 2.25. The van der Waals surface area contributed by atoms with Crippen LogP contribution in [0.4, 0.5) is 18.9 Å². The van der Waals surface area contributed by atoms with E-state index in [1.165, 1.54) is 0 Å². The number of ether oxygens (including phenoxy) is 1. The van der Waals surface area contributed by atoms with Crippen LogP contribution in [0.5, 0.6) is 5.75 Å². The highest BCUT2D eigenvalue weighted by molar-refractivity contribution is 5.45. The fourth-order valence-corrected chi connectivity index (χ4v) is 2.25. The Balaban J connectivity index is 2.15. The monoisotopic (exact) mass is 304 g/mol. The summed E-state index contributed by atoms with van der Waals surface area (Å²) in [6.07, 6.45) is -2.84. The molecular weight excluding hydrogens is 289 g/mol. The van der Waals surface area contributed by atoms with Gasteiger partial charge in [0.05, 0.1) is 11.5 Å². The maximum absolute atomic E-state index is 12.9. The normalized spacial score (nSPS) is 19.3. The zero-order valence-electron chi connectivity index (χ0n) is 11.2. The topological polar surface area (TPSA) is 64.4 Å². The van der Waals surface area contributed by atoms with Gasteiger partial charge in [-0.05, 0) is 25.5 Å². The molecule has 1 unspecified atom stereocenters. The molecule has 1 aliphatic heterocycles. The Morgan fingerprint density at radius 1 is 1.43 bits per heavy atom. The second-order valence-corrected chi connectivity index (χ2v) is 4.96. The molecule has 2 rings (SSSR count). The first-order chi connectivity index (χ1) is 9.88. The Hall–Kier alpha value is -1.83. The second kappa shape index (κ2) is 6.30. The summed E-state index contributed by atoms with van der Waals surface area (Å²) in [7, 11) is 0. The summed E-state index contributed by atoms with van der Waals surface area (Å²) in [6.45, 7) is 1.77. The number of rotatable bonds is 4. The summed E-state index contributed by atoms with van der Waals surface area (Å²) < 4.78 is 44.1. The van der Waals surface area contributed by atoms with Crippen LogP contribution in [-0.2, 0) is 6.18 Å². The highest BCUT2D eigenvalue weighted by Gasteiger charge is 2.36. The lowest BCUT2D eigenvalue weighted by Gasteiger charge is -2.23. The number of non-ortho nitro benzene ring substituents is 1. The summed E-state index contributed by atoms with van der Waals surface area (Å²) >= 11 is 0. The summed E-state index contributed by atoms with van der Waals surface area (Å²) in [4.78, 5) is 9.73. The summed E-state index contributed by atoms with van der Waals surface area (Å²) in [5, 5.41) is 13.7. The number of hydrogen-bond donors (Lipinski definition) is 1. The van der Waals surface area contributed by atoms with Crippen LogP contribution in [0, 0.1) is 16.0 Å². The van der Waals surface area contributed by atoms with Crippen LogP contribution >= 0.6 is 0 Å². The van der Waals surface area contributed by atoms with Gasteiger partial charge in [0.1, 0.15) is 11.3 Å². The quantitative estimate of drug-likeness (QED) is 0.686. The van der Waals surface area contributed by atoms with Gasteiger partial charge < -0.3 is 10.1 Å². The molecule has 8 heteroatoms. The van der Waals surface area contributed by atoms with Crippen molar-refractivity contribution >= 4 is 5.69 Å². The Morgan fingerprint density at radius 3 is 2.76 bits per heavy atom. The Bertz CT molecular complexity index is 514. The van der Waals surface area contributed by atoms with Gasteiger partial charge in [0.2, 0.25) is 0 Å². The van der Waals surface area contributed by atoms with E-state index in [0.29, 0.717) is 12.6 Å². The molecule has 1 aromatic carbocycles. The number of piperidine rings is 1. The summed E-state index contributed by atoms with van der Waals surface area (Å²) in [5.41, 5.74) is -1.71. The standard InChI is InChI=1S/C13H15F3N2O3/c14-13(15,16)11-6-10(18(19)20)3-4-12(11)21-8-9-2-1-5-17-7-9/h3-4,6,9,17H,1-2,5,7-8H2. The van der Waals surface area contributed by atoms with Gasteiger partial charge in [-0.3, -0.25) is 10.1 Å². The van der Waals surface area contributed by atoms with Gasteiger partial charge >= 0.3 is 6.18 Å². The average Bonchev–Trinajstić information content (AvgIpc) is 2.45. The number of benzene rings is 1. The second-order valence-electron chi connectivity index (χ2n) is 4.96. The highest BCUT2D eigenvalue weighted by Crippen LogP contribution is 2.38. The Morgan fingerprint density at radius 2 is 2.19 bits per heavy atom. The minimum Gasteiger partial charge on any atom is -0.493 e. The van der Waals surface area contributed by atoms with Crippen molar-refractivity contribution in [2.45, 2.75) is 19.0 Å². The molecule has 1 atom stereocenters. The third-order valence-corrected chi connectivity index (χ3v) is 3.35. The minimum atomic E-state index is -4.69. The summed E-state index contributed by atoms with van der Waals surface area (Å²) in [5.74, 6) is -0.214. The maximum Gasteiger partial charge on any atom is 0.420 e. The van der Waals surface area contributed by atoms with Crippen molar-refractivity contribution in [1.29, 1.82) is 0 Å². The number of nitro benzene ring substituents is 1. The number of hydrogen-bond acceptors (Lipinski definition) is 4. The molecular formula is C13H15F3N2O3. The predicted octanol–water partition coefficient (Wildman–Crippen LogP) is 2.99. The fraction of sp³-hybridized carbons (Fsp3) is 0.538. The van der Waals surface area contributed by atoms with E-state index < -0.39 is 22.4 Å². The van der Waals surface area contributed by atoms with Crippen molar-refractivity contribution < 1.29 is 22.8 Å². The molecule has 0 amide bonds. The zero-order valence-corrected chi connectivity index (χ0v) is 11.2. The van der Waals surface area contributed by atoms with Crippen molar-refractivity contribution in [1.82, 2.24) is 5.32 Å². The van der Waals surface area contributed by atoms with E-state index in [1.807, 2.05) is 0 Å². The van der Waals surface area contributed by atoms with E-state index in [9.17, 15) is 23.3 Å². The first kappa shape index (κ1) is 15.6. The molecule has 0 aliphatic carbocycles. The molecule has 21 heavy (non-hydrogen) atoms. The third-order valence-electron chi connectivity index (χ3n) is 3.35. The first-order valence-electron chi connectivity index (χ1n) is 6.57. The molecule has 1 heterocycles. The third kappa shape index (κ3) is 4.07. The largest absolute Gasteiger partial charge is 0.493 e. The van der Waals surface area contributed by atoms with Crippen LogP contribution in [0.3, 0.4) is 0 Å². The van der Waals surface area contributed by atoms with Crippen LogP contribution in [0.1, 0.15) is 18.4 Å². The van der Waals surface area contributed by atoms with Gasteiger partial charge in [-0.2, -0.15) is 13.2 Å². The van der Waals surface area contributed by atoms with Gasteiger partial charge in [-0.25, -0.2) is 0 Å². The van der Waals surface area contributed by atoms with Gasteiger partial charge in [-0.1, -0.05) is 0 Å². The minimum absolute atomic E-state index is 0.148. The molecule has 1 aromatic rings. The number of nitrogens with one attached hydrogen (secondary N) is 1. The highest BCUT2D eigenvalue weighted by atomic mass is 19.4. The smallest absolute Gasteiger partial charge is 0.420 e. The van der Waals surface area contributed by atoms with E-state index in [0.717, 1.165) is 31.5 Å². The predicted molar refractivity (Wildman–Crippen MR) is 69.2 cm³/mol. The molecule has 1 saturated heterocycles. The molecule has 0 spiro atoms. The number of nitrogens with zero attached hydrogens (tertiary/aromatic N) is 1. The maximum atomic E-state index is 12.9. The average molecular weight is 304 g/mol. The van der Waals surface area contributed by atoms with E-state index in [-0.39, 0.29) is 18.3 Å². The van der Waals surface area contributed by atoms with Gasteiger partial charge in [0.25, 0.3) is 5.69 Å². The Kier molecular flexibility index (Phi) is 4.66. The molecule has 0 radical (unpaired) electrons. The van der Waals surface area contributed by atoms with Gasteiger partial charge in [0.15, 0.2) is 0 Å².